The molecule has 98 valence electrons. The van der Waals surface area contributed by atoms with E-state index in [1.165, 1.54) is 0 Å². The topological polar surface area (TPSA) is 75.6 Å². The fourth-order valence-corrected chi connectivity index (χ4v) is 1.000. The van der Waals surface area contributed by atoms with Crippen LogP contribution in [0.3, 0.4) is 0 Å². The summed E-state index contributed by atoms with van der Waals surface area (Å²) in [4.78, 5) is 22.6. The van der Waals surface area contributed by atoms with Crippen molar-refractivity contribution >= 4 is 11.9 Å². The number of ether oxygens (including phenoxy) is 1. The number of carboxylic acid groups (broad SMARTS) is 1. The minimum absolute atomic E-state index is 0.241. The van der Waals surface area contributed by atoms with E-state index in [1.807, 2.05) is 0 Å². The summed E-state index contributed by atoms with van der Waals surface area (Å²) in [5, 5.41) is 11.4. The molecule has 0 aliphatic carbocycles. The lowest BCUT2D eigenvalue weighted by molar-refractivity contribution is -0.143. The molecule has 0 bridgehead atoms. The molecule has 5 nitrogen and oxygen atoms in total. The van der Waals surface area contributed by atoms with Gasteiger partial charge in [-0.05, 0) is 0 Å². The van der Waals surface area contributed by atoms with Gasteiger partial charge in [-0.2, -0.15) is 0 Å². The maximum Gasteiger partial charge on any atom is 0.326 e. The molecular weight excluding hydrogens is 222 g/mol. The first-order valence-electron chi connectivity index (χ1n) is 5.51. The van der Waals surface area contributed by atoms with Crippen LogP contribution in [0.1, 0.15) is 27.2 Å². The molecule has 5 heteroatoms. The van der Waals surface area contributed by atoms with Gasteiger partial charge < -0.3 is 15.2 Å². The Labute approximate surface area is 102 Å². The molecule has 0 aromatic rings. The lowest BCUT2D eigenvalue weighted by Crippen LogP contribution is -2.46. The van der Waals surface area contributed by atoms with Gasteiger partial charge in [0.15, 0.2) is 0 Å². The predicted octanol–water partition coefficient (Wildman–Crippen LogP) is 1.19. The van der Waals surface area contributed by atoms with Crippen LogP contribution >= 0.6 is 0 Å². The molecule has 2 N–H and O–H groups in total. The second-order valence-corrected chi connectivity index (χ2v) is 4.77. The van der Waals surface area contributed by atoms with Gasteiger partial charge in [-0.25, -0.2) is 4.79 Å². The van der Waals surface area contributed by atoms with Crippen molar-refractivity contribution in [2.24, 2.45) is 5.41 Å². The fraction of sp³-hybridized carbons (Fsp3) is 0.667. The highest BCUT2D eigenvalue weighted by Gasteiger charge is 2.26. The molecule has 1 amide bonds. The minimum atomic E-state index is -1.05. The summed E-state index contributed by atoms with van der Waals surface area (Å²) >= 11 is 0. The molecule has 0 fully saturated rings. The summed E-state index contributed by atoms with van der Waals surface area (Å²) in [6, 6.07) is -0.911. The summed E-state index contributed by atoms with van der Waals surface area (Å²) in [5.74, 6) is -1.33. The predicted molar refractivity (Wildman–Crippen MR) is 64.7 cm³/mol. The molecule has 0 aliphatic rings. The Balaban J connectivity index is 4.21. The smallest absolute Gasteiger partial charge is 0.326 e. The van der Waals surface area contributed by atoms with Crippen LogP contribution in [-0.4, -0.2) is 36.2 Å². The average molecular weight is 243 g/mol. The Morgan fingerprint density at radius 3 is 2.47 bits per heavy atom. The second-order valence-electron chi connectivity index (χ2n) is 4.77. The van der Waals surface area contributed by atoms with Crippen molar-refractivity contribution in [1.29, 1.82) is 0 Å². The van der Waals surface area contributed by atoms with Gasteiger partial charge in [-0.1, -0.05) is 26.8 Å². The third kappa shape index (κ3) is 6.73. The molecule has 0 aromatic heterocycles. The van der Waals surface area contributed by atoms with Gasteiger partial charge in [-0.15, -0.1) is 6.58 Å². The molecule has 1 atom stereocenters. The molecule has 0 rings (SSSR count). The second kappa shape index (κ2) is 7.06. The van der Waals surface area contributed by atoms with Crippen molar-refractivity contribution in [3.05, 3.63) is 12.7 Å². The Kier molecular flexibility index (Phi) is 6.50. The van der Waals surface area contributed by atoms with Crippen molar-refractivity contribution in [3.8, 4) is 0 Å². The maximum atomic E-state index is 11.6. The van der Waals surface area contributed by atoms with Gasteiger partial charge in [0.05, 0.1) is 6.61 Å². The number of nitrogens with one attached hydrogen (secondary N) is 1. The highest BCUT2D eigenvalue weighted by atomic mass is 16.5. The van der Waals surface area contributed by atoms with E-state index in [4.69, 9.17) is 9.84 Å². The van der Waals surface area contributed by atoms with E-state index >= 15 is 0 Å². The van der Waals surface area contributed by atoms with Crippen LogP contribution in [0.2, 0.25) is 0 Å². The molecule has 0 saturated heterocycles. The maximum absolute atomic E-state index is 11.6. The van der Waals surface area contributed by atoms with Crippen molar-refractivity contribution in [1.82, 2.24) is 5.32 Å². The van der Waals surface area contributed by atoms with Crippen LogP contribution in [0.25, 0.3) is 0 Å². The molecule has 0 radical (unpaired) electrons. The Bertz CT molecular complexity index is 281. The summed E-state index contributed by atoms with van der Waals surface area (Å²) in [6.45, 7) is 9.32. The third-order valence-corrected chi connectivity index (χ3v) is 2.07. The number of hydrogen-bond donors (Lipinski definition) is 2. The van der Waals surface area contributed by atoms with Crippen LogP contribution in [0.15, 0.2) is 12.7 Å². The molecule has 0 saturated carbocycles. The monoisotopic (exact) mass is 243 g/mol. The van der Waals surface area contributed by atoms with E-state index < -0.39 is 17.4 Å². The van der Waals surface area contributed by atoms with E-state index in [-0.39, 0.29) is 18.9 Å². The van der Waals surface area contributed by atoms with Gasteiger partial charge in [0.1, 0.15) is 6.04 Å². The van der Waals surface area contributed by atoms with Crippen LogP contribution < -0.4 is 5.32 Å². The van der Waals surface area contributed by atoms with Crippen molar-refractivity contribution < 1.29 is 19.4 Å². The van der Waals surface area contributed by atoms with E-state index in [1.54, 1.807) is 26.8 Å². The van der Waals surface area contributed by atoms with E-state index in [0.29, 0.717) is 6.61 Å². The molecule has 0 aromatic carbocycles. The third-order valence-electron chi connectivity index (χ3n) is 2.07. The van der Waals surface area contributed by atoms with Crippen LogP contribution in [-0.2, 0) is 14.3 Å². The Morgan fingerprint density at radius 1 is 1.47 bits per heavy atom. The van der Waals surface area contributed by atoms with Crippen LogP contribution in [0.5, 0.6) is 0 Å². The van der Waals surface area contributed by atoms with Crippen LogP contribution in [0.4, 0.5) is 0 Å². The highest BCUT2D eigenvalue weighted by molar-refractivity contribution is 5.86. The first kappa shape index (κ1) is 15.6. The molecule has 0 aliphatic heterocycles. The SMILES string of the molecule is C=CCOCCC(NC(=O)C(C)(C)C)C(=O)O. The van der Waals surface area contributed by atoms with E-state index in [2.05, 4.69) is 11.9 Å². The van der Waals surface area contributed by atoms with E-state index in [9.17, 15) is 9.59 Å². The number of carbonyl (C=O) groups excluding carboxylic acids is 1. The zero-order chi connectivity index (χ0) is 13.5. The summed E-state index contributed by atoms with van der Waals surface area (Å²) < 4.78 is 5.10. The quantitative estimate of drug-likeness (QED) is 0.520. The molecule has 1 unspecified atom stereocenters. The number of aliphatic carboxylic acids is 1. The number of carboxylic acids is 1. The van der Waals surface area contributed by atoms with Crippen molar-refractivity contribution in [2.45, 2.75) is 33.2 Å². The lowest BCUT2D eigenvalue weighted by Gasteiger charge is -2.21. The van der Waals surface area contributed by atoms with Gasteiger partial charge in [0, 0.05) is 18.4 Å². The Morgan fingerprint density at radius 2 is 2.06 bits per heavy atom. The van der Waals surface area contributed by atoms with E-state index in [0.717, 1.165) is 0 Å². The number of rotatable bonds is 7. The zero-order valence-corrected chi connectivity index (χ0v) is 10.7. The molecule has 0 spiro atoms. The minimum Gasteiger partial charge on any atom is -0.480 e. The van der Waals surface area contributed by atoms with Gasteiger partial charge >= 0.3 is 5.97 Å². The normalized spacial score (nSPS) is 12.9. The van der Waals surface area contributed by atoms with Gasteiger partial charge in [0.25, 0.3) is 0 Å². The summed E-state index contributed by atoms with van der Waals surface area (Å²) in [7, 11) is 0. The summed E-state index contributed by atoms with van der Waals surface area (Å²) in [6.07, 6.45) is 1.83. The Hall–Kier alpha value is -1.36. The number of amides is 1. The number of hydrogen-bond acceptors (Lipinski definition) is 3. The van der Waals surface area contributed by atoms with Crippen LogP contribution in [0, 0.1) is 5.41 Å². The standard InChI is InChI=1S/C12H21NO4/c1-5-7-17-8-6-9(10(14)15)13-11(16)12(2,3)4/h5,9H,1,6-8H2,2-4H3,(H,13,16)(H,14,15). The lowest BCUT2D eigenvalue weighted by atomic mass is 9.95. The molecule has 0 heterocycles. The fourth-order valence-electron chi connectivity index (χ4n) is 1.000. The zero-order valence-electron chi connectivity index (χ0n) is 10.7. The molecular formula is C12H21NO4. The van der Waals surface area contributed by atoms with Gasteiger partial charge in [-0.3, -0.25) is 4.79 Å². The highest BCUT2D eigenvalue weighted by Crippen LogP contribution is 2.13. The van der Waals surface area contributed by atoms with Gasteiger partial charge in [0.2, 0.25) is 5.91 Å². The van der Waals surface area contributed by atoms with Crippen molar-refractivity contribution in [3.63, 3.8) is 0 Å². The van der Waals surface area contributed by atoms with Crippen molar-refractivity contribution in [2.75, 3.05) is 13.2 Å². The average Bonchev–Trinajstić information content (AvgIpc) is 2.20. The first-order valence-corrected chi connectivity index (χ1v) is 5.51. The first-order chi connectivity index (χ1) is 7.79. The number of carbonyl (C=O) groups is 2. The largest absolute Gasteiger partial charge is 0.480 e. The molecule has 17 heavy (non-hydrogen) atoms. The summed E-state index contributed by atoms with van der Waals surface area (Å²) in [5.41, 5.74) is -0.602.